The second kappa shape index (κ2) is 28.6. The molecule has 0 radical (unpaired) electrons. The van der Waals surface area contributed by atoms with E-state index in [1.165, 1.54) is 13.3 Å². The number of nitrogens with one attached hydrogen (secondary N) is 4. The molecule has 0 rings (SSSR count). The van der Waals surface area contributed by atoms with Gasteiger partial charge in [0, 0.05) is 32.4 Å². The van der Waals surface area contributed by atoms with E-state index in [1.807, 2.05) is 0 Å². The van der Waals surface area contributed by atoms with Gasteiger partial charge in [-0.05, 0) is 82.5 Å². The SMILES string of the molecule is CCC(C)CCCCC(=O)NCCCCC(NC(=O)CCCCC(C)C)C(=O)NC(CCCCNC(=O)CCCCC(C)C)C(C)=O. The molecule has 0 spiro atoms. The first-order chi connectivity index (χ1) is 22.3. The van der Waals surface area contributed by atoms with Gasteiger partial charge in [0.05, 0.1) is 6.04 Å². The van der Waals surface area contributed by atoms with Crippen LogP contribution in [-0.4, -0.2) is 54.6 Å². The molecule has 0 bridgehead atoms. The Bertz CT molecular complexity index is 876. The van der Waals surface area contributed by atoms with Gasteiger partial charge in [-0.2, -0.15) is 0 Å². The van der Waals surface area contributed by atoms with Gasteiger partial charge < -0.3 is 21.3 Å². The summed E-state index contributed by atoms with van der Waals surface area (Å²) in [6.07, 6.45) is 15.2. The normalized spacial score (nSPS) is 13.2. The molecule has 0 heterocycles. The Morgan fingerprint density at radius 2 is 0.915 bits per heavy atom. The van der Waals surface area contributed by atoms with E-state index in [1.54, 1.807) is 0 Å². The third-order valence-corrected chi connectivity index (χ3v) is 8.86. The molecule has 0 aromatic heterocycles. The monoisotopic (exact) mass is 665 g/mol. The number of unbranched alkanes of at least 4 members (excludes halogenated alkanes) is 5. The molecule has 0 aliphatic rings. The van der Waals surface area contributed by atoms with Crippen LogP contribution >= 0.6 is 0 Å². The van der Waals surface area contributed by atoms with E-state index < -0.39 is 12.1 Å². The van der Waals surface area contributed by atoms with Gasteiger partial charge in [0.1, 0.15) is 6.04 Å². The van der Waals surface area contributed by atoms with E-state index in [9.17, 15) is 24.0 Å². The minimum absolute atomic E-state index is 0.0589. The second-order valence-corrected chi connectivity index (χ2v) is 14.5. The van der Waals surface area contributed by atoms with Gasteiger partial charge in [0.2, 0.25) is 23.6 Å². The average Bonchev–Trinajstić information content (AvgIpc) is 3.01. The van der Waals surface area contributed by atoms with Crippen LogP contribution in [0.25, 0.3) is 0 Å². The van der Waals surface area contributed by atoms with Crippen LogP contribution in [0.3, 0.4) is 0 Å². The zero-order valence-corrected chi connectivity index (χ0v) is 31.3. The highest BCUT2D eigenvalue weighted by molar-refractivity contribution is 5.92. The molecule has 274 valence electrons. The van der Waals surface area contributed by atoms with Gasteiger partial charge in [0.25, 0.3) is 0 Å². The van der Waals surface area contributed by atoms with Gasteiger partial charge >= 0.3 is 0 Å². The van der Waals surface area contributed by atoms with Crippen molar-refractivity contribution in [2.75, 3.05) is 13.1 Å². The summed E-state index contributed by atoms with van der Waals surface area (Å²) in [4.78, 5) is 62.8. The van der Waals surface area contributed by atoms with Crippen molar-refractivity contribution in [1.29, 1.82) is 0 Å². The predicted octanol–water partition coefficient (Wildman–Crippen LogP) is 7.16. The molecule has 4 amide bonds. The number of rotatable bonds is 30. The molecule has 0 aromatic carbocycles. The number of hydrogen-bond donors (Lipinski definition) is 4. The summed E-state index contributed by atoms with van der Waals surface area (Å²) in [5.74, 6) is 1.42. The van der Waals surface area contributed by atoms with Gasteiger partial charge in [0.15, 0.2) is 5.78 Å². The molecule has 3 atom stereocenters. The second-order valence-electron chi connectivity index (χ2n) is 14.5. The molecule has 0 saturated heterocycles. The number of carbonyl (C=O) groups excluding carboxylic acids is 5. The lowest BCUT2D eigenvalue weighted by atomic mass is 10.0. The van der Waals surface area contributed by atoms with Crippen molar-refractivity contribution >= 4 is 29.4 Å². The Balaban J connectivity index is 4.78. The third-order valence-electron chi connectivity index (χ3n) is 8.86. The van der Waals surface area contributed by atoms with Crippen LogP contribution in [0.2, 0.25) is 0 Å². The molecule has 47 heavy (non-hydrogen) atoms. The summed E-state index contributed by atoms with van der Waals surface area (Å²) in [5, 5.41) is 11.7. The Labute approximate surface area is 287 Å². The molecule has 4 N–H and O–H groups in total. The van der Waals surface area contributed by atoms with Crippen molar-refractivity contribution in [1.82, 2.24) is 21.3 Å². The molecular weight excluding hydrogens is 592 g/mol. The quantitative estimate of drug-likeness (QED) is 0.0605. The van der Waals surface area contributed by atoms with Crippen molar-refractivity contribution in [2.45, 2.75) is 183 Å². The topological polar surface area (TPSA) is 133 Å². The van der Waals surface area contributed by atoms with Gasteiger partial charge in [-0.25, -0.2) is 0 Å². The highest BCUT2D eigenvalue weighted by atomic mass is 16.2. The summed E-state index contributed by atoms with van der Waals surface area (Å²) in [6.45, 7) is 15.7. The lowest BCUT2D eigenvalue weighted by molar-refractivity contribution is -0.131. The molecule has 9 nitrogen and oxygen atoms in total. The molecule has 0 aliphatic heterocycles. The van der Waals surface area contributed by atoms with Crippen molar-refractivity contribution in [3.8, 4) is 0 Å². The minimum Gasteiger partial charge on any atom is -0.356 e. The summed E-state index contributed by atoms with van der Waals surface area (Å²) in [5.41, 5.74) is 0. The minimum atomic E-state index is -0.735. The maximum atomic E-state index is 13.3. The van der Waals surface area contributed by atoms with Crippen LogP contribution in [-0.2, 0) is 24.0 Å². The Kier molecular flexibility index (Phi) is 27.1. The Morgan fingerprint density at radius 3 is 1.36 bits per heavy atom. The first kappa shape index (κ1) is 44.5. The molecule has 3 unspecified atom stereocenters. The van der Waals surface area contributed by atoms with E-state index in [4.69, 9.17) is 0 Å². The van der Waals surface area contributed by atoms with E-state index in [0.29, 0.717) is 82.2 Å². The van der Waals surface area contributed by atoms with Crippen LogP contribution in [0.15, 0.2) is 0 Å². The van der Waals surface area contributed by atoms with Gasteiger partial charge in [-0.15, -0.1) is 0 Å². The highest BCUT2D eigenvalue weighted by Gasteiger charge is 2.25. The van der Waals surface area contributed by atoms with Crippen LogP contribution in [0, 0.1) is 17.8 Å². The molecule has 0 fully saturated rings. The fraction of sp³-hybridized carbons (Fsp3) is 0.868. The van der Waals surface area contributed by atoms with E-state index in [2.05, 4.69) is 62.8 Å². The highest BCUT2D eigenvalue weighted by Crippen LogP contribution is 2.13. The lowest BCUT2D eigenvalue weighted by Gasteiger charge is -2.22. The summed E-state index contributed by atoms with van der Waals surface area (Å²) in [7, 11) is 0. The smallest absolute Gasteiger partial charge is 0.243 e. The van der Waals surface area contributed by atoms with Crippen LogP contribution < -0.4 is 21.3 Å². The van der Waals surface area contributed by atoms with E-state index >= 15 is 0 Å². The predicted molar refractivity (Wildman–Crippen MR) is 193 cm³/mol. The molecule has 0 aliphatic carbocycles. The number of Topliss-reactive ketones (excluding diaryl/α,β-unsaturated/α-hetero) is 1. The van der Waals surface area contributed by atoms with Crippen LogP contribution in [0.4, 0.5) is 0 Å². The molecular formula is C38H72N4O5. The van der Waals surface area contributed by atoms with Crippen molar-refractivity contribution in [3.05, 3.63) is 0 Å². The third kappa shape index (κ3) is 27.2. The number of hydrogen-bond acceptors (Lipinski definition) is 5. The lowest BCUT2D eigenvalue weighted by Crippen LogP contribution is -2.51. The standard InChI is InChI=1S/C38H72N4O5/c1-8-31(6)21-11-14-25-36(45)40-28-18-16-23-34(41-37(46)26-13-10-20-30(4)5)38(47)42-33(32(7)43)22-15-17-27-39-35(44)24-12-9-19-29(2)3/h29-31,33-34H,8-28H2,1-7H3,(H,39,44)(H,40,45)(H,41,46)(H,42,47). The largest absolute Gasteiger partial charge is 0.356 e. The van der Waals surface area contributed by atoms with Crippen molar-refractivity contribution in [3.63, 3.8) is 0 Å². The molecule has 0 saturated carbocycles. The maximum absolute atomic E-state index is 13.3. The fourth-order valence-corrected chi connectivity index (χ4v) is 5.42. The first-order valence-electron chi connectivity index (χ1n) is 19.0. The molecule has 9 heteroatoms. The van der Waals surface area contributed by atoms with Crippen molar-refractivity contribution in [2.24, 2.45) is 17.8 Å². The zero-order valence-electron chi connectivity index (χ0n) is 31.3. The number of ketones is 1. The van der Waals surface area contributed by atoms with E-state index in [0.717, 1.165) is 64.2 Å². The van der Waals surface area contributed by atoms with Crippen molar-refractivity contribution < 1.29 is 24.0 Å². The maximum Gasteiger partial charge on any atom is 0.243 e. The summed E-state index contributed by atoms with van der Waals surface area (Å²) >= 11 is 0. The van der Waals surface area contributed by atoms with E-state index in [-0.39, 0.29) is 29.4 Å². The fourth-order valence-electron chi connectivity index (χ4n) is 5.42. The summed E-state index contributed by atoms with van der Waals surface area (Å²) < 4.78 is 0. The van der Waals surface area contributed by atoms with Crippen LogP contribution in [0.5, 0.6) is 0 Å². The Hall–Kier alpha value is -2.45. The van der Waals surface area contributed by atoms with Gasteiger partial charge in [-0.1, -0.05) is 86.5 Å². The molecule has 0 aromatic rings. The first-order valence-corrected chi connectivity index (χ1v) is 19.0. The van der Waals surface area contributed by atoms with Crippen LogP contribution in [0.1, 0.15) is 170 Å². The number of amides is 4. The zero-order chi connectivity index (χ0) is 35.5. The summed E-state index contributed by atoms with van der Waals surface area (Å²) in [6, 6.07) is -1.38. The number of carbonyl (C=O) groups is 5. The van der Waals surface area contributed by atoms with Gasteiger partial charge in [-0.3, -0.25) is 24.0 Å². The average molecular weight is 665 g/mol. The Morgan fingerprint density at radius 1 is 0.489 bits per heavy atom.